The minimum Gasteiger partial charge on any atom is -0.497 e. The molecule has 3 aromatic carbocycles. The van der Waals surface area contributed by atoms with Crippen LogP contribution >= 0.6 is 11.8 Å². The van der Waals surface area contributed by atoms with E-state index in [1.54, 1.807) is 18.9 Å². The van der Waals surface area contributed by atoms with Crippen LogP contribution in [0, 0.1) is 0 Å². The molecule has 0 saturated carbocycles. The van der Waals surface area contributed by atoms with Gasteiger partial charge in [0.2, 0.25) is 5.91 Å². The molecule has 1 fully saturated rings. The van der Waals surface area contributed by atoms with E-state index in [9.17, 15) is 4.79 Å². The molecule has 1 atom stereocenters. The summed E-state index contributed by atoms with van der Waals surface area (Å²) in [5.41, 5.74) is 5.01. The standard InChI is InChI=1S/C26H23N3O2S/c1-31-22-14-12-20(13-15-22)25-23(17-29(27-25)21-10-6-3-7-11-21)26-28(24(30)18-32-26)16-19-8-4-2-5-9-19/h2-15,17,26H,16,18H2,1H3/t26-/m1/s1. The average Bonchev–Trinajstić information content (AvgIpc) is 3.44. The Morgan fingerprint density at radius 1 is 0.969 bits per heavy atom. The van der Waals surface area contributed by atoms with Crippen molar-refractivity contribution in [1.82, 2.24) is 14.7 Å². The molecule has 1 aromatic heterocycles. The van der Waals surface area contributed by atoms with Crippen LogP contribution in [0.5, 0.6) is 5.75 Å². The van der Waals surface area contributed by atoms with Gasteiger partial charge in [0, 0.05) is 23.9 Å². The molecule has 0 unspecified atom stereocenters. The summed E-state index contributed by atoms with van der Waals surface area (Å²) in [5.74, 6) is 1.42. The molecule has 0 radical (unpaired) electrons. The molecular formula is C26H23N3O2S. The molecule has 0 aliphatic carbocycles. The third-order valence-corrected chi connectivity index (χ3v) is 6.79. The predicted molar refractivity (Wildman–Crippen MR) is 128 cm³/mol. The number of methoxy groups -OCH3 is 1. The number of thioether (sulfide) groups is 1. The van der Waals surface area contributed by atoms with Crippen LogP contribution in [-0.4, -0.2) is 33.5 Å². The van der Waals surface area contributed by atoms with Gasteiger partial charge in [0.1, 0.15) is 11.1 Å². The van der Waals surface area contributed by atoms with Crippen molar-refractivity contribution in [1.29, 1.82) is 0 Å². The number of hydrogen-bond acceptors (Lipinski definition) is 4. The van der Waals surface area contributed by atoms with E-state index < -0.39 is 0 Å². The number of aromatic nitrogens is 2. The van der Waals surface area contributed by atoms with Crippen LogP contribution in [0.25, 0.3) is 16.9 Å². The fourth-order valence-electron chi connectivity index (χ4n) is 3.92. The van der Waals surface area contributed by atoms with Crippen LogP contribution < -0.4 is 4.74 Å². The summed E-state index contributed by atoms with van der Waals surface area (Å²) in [4.78, 5) is 14.8. The molecule has 5 nitrogen and oxygen atoms in total. The molecular weight excluding hydrogens is 418 g/mol. The molecule has 1 aliphatic rings. The first-order valence-electron chi connectivity index (χ1n) is 10.5. The maximum Gasteiger partial charge on any atom is 0.234 e. The Morgan fingerprint density at radius 3 is 2.34 bits per heavy atom. The number of carbonyl (C=O) groups is 1. The second kappa shape index (κ2) is 8.93. The number of ether oxygens (including phenoxy) is 1. The van der Waals surface area contributed by atoms with Gasteiger partial charge in [-0.1, -0.05) is 48.5 Å². The number of amides is 1. The smallest absolute Gasteiger partial charge is 0.234 e. The van der Waals surface area contributed by atoms with E-state index in [0.29, 0.717) is 12.3 Å². The van der Waals surface area contributed by atoms with Gasteiger partial charge in [0.15, 0.2) is 0 Å². The van der Waals surface area contributed by atoms with Gasteiger partial charge in [-0.15, -0.1) is 11.8 Å². The van der Waals surface area contributed by atoms with E-state index in [1.165, 1.54) is 0 Å². The Morgan fingerprint density at radius 2 is 1.66 bits per heavy atom. The van der Waals surface area contributed by atoms with E-state index in [0.717, 1.165) is 33.8 Å². The lowest BCUT2D eigenvalue weighted by Gasteiger charge is -2.24. The molecule has 5 rings (SSSR count). The Kier molecular flexibility index (Phi) is 5.69. The number of carbonyl (C=O) groups excluding carboxylic acids is 1. The molecule has 0 bridgehead atoms. The van der Waals surface area contributed by atoms with Crippen molar-refractivity contribution in [2.24, 2.45) is 0 Å². The van der Waals surface area contributed by atoms with E-state index in [-0.39, 0.29) is 11.3 Å². The maximum atomic E-state index is 12.8. The summed E-state index contributed by atoms with van der Waals surface area (Å²) in [6, 6.07) is 28.1. The first-order valence-corrected chi connectivity index (χ1v) is 11.5. The number of para-hydroxylation sites is 1. The van der Waals surface area contributed by atoms with Crippen molar-refractivity contribution < 1.29 is 9.53 Å². The zero-order valence-corrected chi connectivity index (χ0v) is 18.5. The summed E-state index contributed by atoms with van der Waals surface area (Å²) < 4.78 is 7.23. The van der Waals surface area contributed by atoms with Crippen molar-refractivity contribution in [3.8, 4) is 22.7 Å². The van der Waals surface area contributed by atoms with Gasteiger partial charge in [-0.2, -0.15) is 5.10 Å². The third-order valence-electron chi connectivity index (χ3n) is 5.56. The van der Waals surface area contributed by atoms with Gasteiger partial charge < -0.3 is 9.64 Å². The van der Waals surface area contributed by atoms with Crippen LogP contribution in [0.2, 0.25) is 0 Å². The van der Waals surface area contributed by atoms with E-state index in [1.807, 2.05) is 82.4 Å². The SMILES string of the molecule is COc1ccc(-c2nn(-c3ccccc3)cc2[C@H]2SCC(=O)N2Cc2ccccc2)cc1. The topological polar surface area (TPSA) is 47.4 Å². The quantitative estimate of drug-likeness (QED) is 0.406. The van der Waals surface area contributed by atoms with E-state index in [2.05, 4.69) is 18.3 Å². The number of nitrogens with zero attached hydrogens (tertiary/aromatic N) is 3. The first kappa shape index (κ1) is 20.4. The van der Waals surface area contributed by atoms with Crippen LogP contribution in [0.3, 0.4) is 0 Å². The highest BCUT2D eigenvalue weighted by molar-refractivity contribution is 8.00. The summed E-state index contributed by atoms with van der Waals surface area (Å²) in [6.07, 6.45) is 2.06. The van der Waals surface area contributed by atoms with Crippen molar-refractivity contribution in [2.45, 2.75) is 11.9 Å². The average molecular weight is 442 g/mol. The molecule has 0 spiro atoms. The van der Waals surface area contributed by atoms with Gasteiger partial charge in [-0.3, -0.25) is 4.79 Å². The lowest BCUT2D eigenvalue weighted by molar-refractivity contribution is -0.128. The van der Waals surface area contributed by atoms with E-state index >= 15 is 0 Å². The Balaban J connectivity index is 1.57. The largest absolute Gasteiger partial charge is 0.497 e. The Hall–Kier alpha value is -3.51. The highest BCUT2D eigenvalue weighted by Gasteiger charge is 2.35. The Bertz CT molecular complexity index is 1210. The van der Waals surface area contributed by atoms with Crippen molar-refractivity contribution in [3.05, 3.63) is 102 Å². The summed E-state index contributed by atoms with van der Waals surface area (Å²) >= 11 is 1.65. The number of hydrogen-bond donors (Lipinski definition) is 0. The highest BCUT2D eigenvalue weighted by atomic mass is 32.2. The number of rotatable bonds is 6. The van der Waals surface area contributed by atoms with Crippen molar-refractivity contribution >= 4 is 17.7 Å². The zero-order chi connectivity index (χ0) is 21.9. The summed E-state index contributed by atoms with van der Waals surface area (Å²) in [5, 5.41) is 4.84. The minimum atomic E-state index is -0.0997. The molecule has 1 aliphatic heterocycles. The molecule has 6 heteroatoms. The second-order valence-electron chi connectivity index (χ2n) is 7.61. The minimum absolute atomic E-state index is 0.0997. The zero-order valence-electron chi connectivity index (χ0n) is 17.7. The molecule has 4 aromatic rings. The Labute approximate surface area is 191 Å². The van der Waals surface area contributed by atoms with Crippen molar-refractivity contribution in [2.75, 3.05) is 12.9 Å². The fourth-order valence-corrected chi connectivity index (χ4v) is 5.11. The number of benzene rings is 3. The van der Waals surface area contributed by atoms with Crippen LogP contribution in [0.15, 0.2) is 91.1 Å². The molecule has 1 saturated heterocycles. The van der Waals surface area contributed by atoms with Gasteiger partial charge >= 0.3 is 0 Å². The van der Waals surface area contributed by atoms with Gasteiger partial charge in [-0.05, 0) is 42.0 Å². The van der Waals surface area contributed by atoms with Crippen molar-refractivity contribution in [3.63, 3.8) is 0 Å². The molecule has 1 amide bonds. The second-order valence-corrected chi connectivity index (χ2v) is 8.68. The van der Waals surface area contributed by atoms with E-state index in [4.69, 9.17) is 9.84 Å². The lowest BCUT2D eigenvalue weighted by atomic mass is 10.1. The molecule has 0 N–H and O–H groups in total. The normalized spacial score (nSPS) is 15.8. The monoisotopic (exact) mass is 441 g/mol. The van der Waals surface area contributed by atoms with Gasteiger partial charge in [0.25, 0.3) is 0 Å². The van der Waals surface area contributed by atoms with Gasteiger partial charge in [-0.25, -0.2) is 4.68 Å². The summed E-state index contributed by atoms with van der Waals surface area (Å²) in [6.45, 7) is 0.579. The van der Waals surface area contributed by atoms with Crippen LogP contribution in [0.4, 0.5) is 0 Å². The van der Waals surface area contributed by atoms with Crippen LogP contribution in [-0.2, 0) is 11.3 Å². The molecule has 2 heterocycles. The predicted octanol–water partition coefficient (Wildman–Crippen LogP) is 5.32. The lowest BCUT2D eigenvalue weighted by Crippen LogP contribution is -2.27. The first-order chi connectivity index (χ1) is 15.7. The third kappa shape index (κ3) is 4.01. The van der Waals surface area contributed by atoms with Crippen LogP contribution in [0.1, 0.15) is 16.5 Å². The van der Waals surface area contributed by atoms with Gasteiger partial charge in [0.05, 0.1) is 24.2 Å². The maximum absolute atomic E-state index is 12.8. The summed E-state index contributed by atoms with van der Waals surface area (Å²) in [7, 11) is 1.66. The molecule has 32 heavy (non-hydrogen) atoms. The molecule has 160 valence electrons. The highest BCUT2D eigenvalue weighted by Crippen LogP contribution is 2.43. The fraction of sp³-hybridized carbons (Fsp3) is 0.154.